The van der Waals surface area contributed by atoms with Gasteiger partial charge in [0.2, 0.25) is 11.8 Å². The highest BCUT2D eigenvalue weighted by Gasteiger charge is 2.27. The standard InChI is InChI=1S/C14H20N4O2/c1-18-9-3-5-12(18)14(20)16-8-6-13(19)17-11-4-2-7-15-10-11/h2,4,7,10,12H,3,5-6,8-9H2,1H3,(H,16,20)(H,17,19). The average Bonchev–Trinajstić information content (AvgIpc) is 2.86. The molecule has 0 radical (unpaired) electrons. The van der Waals surface area contributed by atoms with Crippen LogP contribution >= 0.6 is 0 Å². The topological polar surface area (TPSA) is 74.3 Å². The van der Waals surface area contributed by atoms with Gasteiger partial charge >= 0.3 is 0 Å². The third kappa shape index (κ3) is 4.03. The van der Waals surface area contributed by atoms with Crippen molar-refractivity contribution >= 4 is 17.5 Å². The molecule has 2 N–H and O–H groups in total. The van der Waals surface area contributed by atoms with E-state index in [0.717, 1.165) is 19.4 Å². The number of nitrogens with one attached hydrogen (secondary N) is 2. The average molecular weight is 276 g/mol. The van der Waals surface area contributed by atoms with Crippen molar-refractivity contribution in [3.63, 3.8) is 0 Å². The molecule has 1 aromatic heterocycles. The number of aromatic nitrogens is 1. The molecule has 1 unspecified atom stereocenters. The van der Waals surface area contributed by atoms with Crippen molar-refractivity contribution in [2.75, 3.05) is 25.5 Å². The van der Waals surface area contributed by atoms with Gasteiger partial charge in [0.25, 0.3) is 0 Å². The van der Waals surface area contributed by atoms with Crippen molar-refractivity contribution in [1.29, 1.82) is 0 Å². The first-order chi connectivity index (χ1) is 9.66. The van der Waals surface area contributed by atoms with E-state index < -0.39 is 0 Å². The third-order valence-electron chi connectivity index (χ3n) is 3.42. The van der Waals surface area contributed by atoms with E-state index in [-0.39, 0.29) is 24.3 Å². The Kier molecular flexibility index (Phi) is 5.06. The number of anilines is 1. The van der Waals surface area contributed by atoms with E-state index in [0.29, 0.717) is 12.2 Å². The zero-order valence-electron chi connectivity index (χ0n) is 11.6. The smallest absolute Gasteiger partial charge is 0.237 e. The number of hydrogen-bond donors (Lipinski definition) is 2. The Hall–Kier alpha value is -1.95. The van der Waals surface area contributed by atoms with Crippen LogP contribution in [-0.4, -0.2) is 47.9 Å². The van der Waals surface area contributed by atoms with Gasteiger partial charge in [-0.05, 0) is 38.6 Å². The van der Waals surface area contributed by atoms with Crippen LogP contribution in [0.2, 0.25) is 0 Å². The summed E-state index contributed by atoms with van der Waals surface area (Å²) in [5.74, 6) is -0.114. The molecule has 1 aliphatic heterocycles. The maximum Gasteiger partial charge on any atom is 0.237 e. The molecule has 1 fully saturated rings. The van der Waals surface area contributed by atoms with E-state index in [2.05, 4.69) is 15.6 Å². The van der Waals surface area contributed by atoms with Gasteiger partial charge in [0, 0.05) is 19.2 Å². The predicted molar refractivity (Wildman–Crippen MR) is 76.1 cm³/mol. The van der Waals surface area contributed by atoms with Crippen molar-refractivity contribution in [3.8, 4) is 0 Å². The van der Waals surface area contributed by atoms with Gasteiger partial charge in [-0.2, -0.15) is 0 Å². The van der Waals surface area contributed by atoms with Crippen molar-refractivity contribution in [3.05, 3.63) is 24.5 Å². The lowest BCUT2D eigenvalue weighted by Crippen LogP contribution is -2.42. The fraction of sp³-hybridized carbons (Fsp3) is 0.500. The minimum absolute atomic E-state index is 0.0131. The number of amides is 2. The minimum atomic E-state index is -0.127. The van der Waals surface area contributed by atoms with Gasteiger partial charge in [0.1, 0.15) is 0 Å². The number of carbonyl (C=O) groups excluding carboxylic acids is 2. The van der Waals surface area contributed by atoms with Crippen LogP contribution in [0.25, 0.3) is 0 Å². The number of hydrogen-bond acceptors (Lipinski definition) is 4. The Bertz CT molecular complexity index is 464. The van der Waals surface area contributed by atoms with Gasteiger partial charge in [-0.3, -0.25) is 19.5 Å². The Morgan fingerprint density at radius 1 is 1.50 bits per heavy atom. The second kappa shape index (κ2) is 7.00. The Morgan fingerprint density at radius 3 is 3.00 bits per heavy atom. The van der Waals surface area contributed by atoms with Crippen LogP contribution in [-0.2, 0) is 9.59 Å². The van der Waals surface area contributed by atoms with E-state index in [1.165, 1.54) is 0 Å². The molecular weight excluding hydrogens is 256 g/mol. The normalized spacial score (nSPS) is 18.8. The maximum atomic E-state index is 11.9. The highest BCUT2D eigenvalue weighted by Crippen LogP contribution is 2.14. The van der Waals surface area contributed by atoms with E-state index in [1.807, 2.05) is 11.9 Å². The maximum absolute atomic E-state index is 11.9. The van der Waals surface area contributed by atoms with E-state index in [4.69, 9.17) is 0 Å². The predicted octanol–water partition coefficient (Wildman–Crippen LogP) is 0.621. The number of likely N-dealkylation sites (N-methyl/N-ethyl adjacent to an activating group) is 1. The number of rotatable bonds is 5. The molecule has 0 aromatic carbocycles. The van der Waals surface area contributed by atoms with Crippen LogP contribution in [0.3, 0.4) is 0 Å². The van der Waals surface area contributed by atoms with E-state index in [9.17, 15) is 9.59 Å². The lowest BCUT2D eigenvalue weighted by atomic mass is 10.2. The molecule has 0 saturated carbocycles. The van der Waals surface area contributed by atoms with E-state index in [1.54, 1.807) is 24.5 Å². The lowest BCUT2D eigenvalue weighted by Gasteiger charge is -2.18. The number of likely N-dealkylation sites (tertiary alicyclic amines) is 1. The van der Waals surface area contributed by atoms with Gasteiger partial charge in [0.05, 0.1) is 17.9 Å². The summed E-state index contributed by atoms with van der Waals surface area (Å²) in [6, 6.07) is 3.49. The van der Waals surface area contributed by atoms with Gasteiger partial charge < -0.3 is 10.6 Å². The first-order valence-corrected chi connectivity index (χ1v) is 6.84. The summed E-state index contributed by atoms with van der Waals surface area (Å²) in [5, 5.41) is 5.55. The van der Waals surface area contributed by atoms with Gasteiger partial charge in [-0.15, -0.1) is 0 Å². The Labute approximate surface area is 118 Å². The molecule has 20 heavy (non-hydrogen) atoms. The zero-order chi connectivity index (χ0) is 14.4. The van der Waals surface area contributed by atoms with Gasteiger partial charge in [-0.1, -0.05) is 0 Å². The van der Waals surface area contributed by atoms with E-state index >= 15 is 0 Å². The third-order valence-corrected chi connectivity index (χ3v) is 3.42. The summed E-state index contributed by atoms with van der Waals surface area (Å²) in [4.78, 5) is 29.5. The molecule has 108 valence electrons. The Balaban J connectivity index is 1.68. The molecule has 1 aromatic rings. The number of carbonyl (C=O) groups is 2. The van der Waals surface area contributed by atoms with Crippen LogP contribution in [0.5, 0.6) is 0 Å². The molecule has 6 nitrogen and oxygen atoms in total. The second-order valence-electron chi connectivity index (χ2n) is 4.97. The fourth-order valence-electron chi connectivity index (χ4n) is 2.32. The quantitative estimate of drug-likeness (QED) is 0.827. The fourth-order valence-corrected chi connectivity index (χ4v) is 2.32. The van der Waals surface area contributed by atoms with Crippen LogP contribution in [0.15, 0.2) is 24.5 Å². The van der Waals surface area contributed by atoms with Crippen LogP contribution in [0.1, 0.15) is 19.3 Å². The molecule has 2 amide bonds. The largest absolute Gasteiger partial charge is 0.354 e. The molecule has 2 heterocycles. The molecule has 1 saturated heterocycles. The highest BCUT2D eigenvalue weighted by atomic mass is 16.2. The molecule has 1 atom stereocenters. The first kappa shape index (κ1) is 14.5. The van der Waals surface area contributed by atoms with Crippen LogP contribution in [0, 0.1) is 0 Å². The monoisotopic (exact) mass is 276 g/mol. The molecule has 2 rings (SSSR count). The number of pyridine rings is 1. The van der Waals surface area contributed by atoms with Crippen LogP contribution in [0.4, 0.5) is 5.69 Å². The summed E-state index contributed by atoms with van der Waals surface area (Å²) in [5.41, 5.74) is 0.666. The van der Waals surface area contributed by atoms with Gasteiger partial charge in [-0.25, -0.2) is 0 Å². The summed E-state index contributed by atoms with van der Waals surface area (Å²) in [6.45, 7) is 1.31. The highest BCUT2D eigenvalue weighted by molar-refractivity contribution is 5.91. The Morgan fingerprint density at radius 2 is 2.35 bits per heavy atom. The summed E-state index contributed by atoms with van der Waals surface area (Å²) in [7, 11) is 1.95. The lowest BCUT2D eigenvalue weighted by molar-refractivity contribution is -0.125. The minimum Gasteiger partial charge on any atom is -0.354 e. The summed E-state index contributed by atoms with van der Waals surface area (Å²) in [6.07, 6.45) is 5.44. The summed E-state index contributed by atoms with van der Waals surface area (Å²) >= 11 is 0. The molecule has 0 spiro atoms. The van der Waals surface area contributed by atoms with Crippen molar-refractivity contribution < 1.29 is 9.59 Å². The molecule has 0 aliphatic carbocycles. The van der Waals surface area contributed by atoms with Gasteiger partial charge in [0.15, 0.2) is 0 Å². The first-order valence-electron chi connectivity index (χ1n) is 6.84. The van der Waals surface area contributed by atoms with Crippen LogP contribution < -0.4 is 10.6 Å². The van der Waals surface area contributed by atoms with Crippen molar-refractivity contribution in [2.24, 2.45) is 0 Å². The molecular formula is C14H20N4O2. The van der Waals surface area contributed by atoms with Crippen molar-refractivity contribution in [2.45, 2.75) is 25.3 Å². The second-order valence-corrected chi connectivity index (χ2v) is 4.97. The SMILES string of the molecule is CN1CCCC1C(=O)NCCC(=O)Nc1cccnc1. The van der Waals surface area contributed by atoms with Crippen molar-refractivity contribution in [1.82, 2.24) is 15.2 Å². The number of nitrogens with zero attached hydrogens (tertiary/aromatic N) is 2. The summed E-state index contributed by atoms with van der Waals surface area (Å²) < 4.78 is 0. The molecule has 6 heteroatoms. The molecule has 1 aliphatic rings. The zero-order valence-corrected chi connectivity index (χ0v) is 11.6. The molecule has 0 bridgehead atoms.